The highest BCUT2D eigenvalue weighted by Gasteiger charge is 2.28. The third-order valence-electron chi connectivity index (χ3n) is 11.3. The van der Waals surface area contributed by atoms with Gasteiger partial charge in [-0.3, -0.25) is 23.4 Å². The number of carboxylic acid groups (broad SMARTS) is 1. The highest BCUT2D eigenvalue weighted by Crippen LogP contribution is 2.43. The minimum Gasteiger partial charge on any atom is -0.480 e. The van der Waals surface area contributed by atoms with E-state index in [1.807, 2.05) is 0 Å². The number of hydrogen-bond donors (Lipinski definition) is 3. The predicted octanol–water partition coefficient (Wildman–Crippen LogP) is 14.0. The average molecular weight is 888 g/mol. The molecule has 12 heteroatoms. The van der Waals surface area contributed by atoms with Gasteiger partial charge in [-0.05, 0) is 38.5 Å². The van der Waals surface area contributed by atoms with Gasteiger partial charge in [-0.15, -0.1) is 0 Å². The van der Waals surface area contributed by atoms with Crippen LogP contribution in [0.5, 0.6) is 0 Å². The van der Waals surface area contributed by atoms with Crippen LogP contribution in [-0.4, -0.2) is 59.9 Å². The maximum atomic E-state index is 12.7. The average Bonchev–Trinajstić information content (AvgIpc) is 3.24. The molecular formula is C49H94NO10P. The lowest BCUT2D eigenvalue weighted by Gasteiger charge is -2.20. The molecule has 4 N–H and O–H groups in total. The molecule has 0 aromatic rings. The van der Waals surface area contributed by atoms with E-state index in [1.54, 1.807) is 0 Å². The zero-order chi connectivity index (χ0) is 44.9. The Morgan fingerprint density at radius 1 is 0.492 bits per heavy atom. The third kappa shape index (κ3) is 44.6. The van der Waals surface area contributed by atoms with Gasteiger partial charge >= 0.3 is 25.7 Å². The van der Waals surface area contributed by atoms with Crippen LogP contribution < -0.4 is 5.73 Å². The molecule has 0 saturated carbocycles. The van der Waals surface area contributed by atoms with E-state index >= 15 is 0 Å². The Labute approximate surface area is 373 Å². The number of esters is 2. The van der Waals surface area contributed by atoms with Crippen molar-refractivity contribution < 1.29 is 47.5 Å². The molecule has 0 spiro atoms. The molecule has 61 heavy (non-hydrogen) atoms. The predicted molar refractivity (Wildman–Crippen MR) is 249 cm³/mol. The van der Waals surface area contributed by atoms with Crippen molar-refractivity contribution in [1.82, 2.24) is 0 Å². The highest BCUT2D eigenvalue weighted by molar-refractivity contribution is 7.47. The second-order valence-corrected chi connectivity index (χ2v) is 18.8. The second-order valence-electron chi connectivity index (χ2n) is 17.3. The number of phosphoric acid groups is 1. The number of carbonyl (C=O) groups is 3. The van der Waals surface area contributed by atoms with Gasteiger partial charge < -0.3 is 25.2 Å². The molecule has 1 unspecified atom stereocenters. The van der Waals surface area contributed by atoms with Crippen molar-refractivity contribution in [2.45, 2.75) is 264 Å². The van der Waals surface area contributed by atoms with Gasteiger partial charge in [-0.2, -0.15) is 0 Å². The van der Waals surface area contributed by atoms with Crippen LogP contribution in [0.25, 0.3) is 0 Å². The summed E-state index contributed by atoms with van der Waals surface area (Å²) in [4.78, 5) is 46.1. The molecular weight excluding hydrogens is 794 g/mol. The summed E-state index contributed by atoms with van der Waals surface area (Å²) in [7, 11) is -4.72. The van der Waals surface area contributed by atoms with E-state index in [1.165, 1.54) is 167 Å². The summed E-state index contributed by atoms with van der Waals surface area (Å²) in [6.07, 6.45) is 47.1. The number of carbonyl (C=O) groups excluding carboxylic acids is 2. The number of ether oxygens (including phenoxy) is 2. The van der Waals surface area contributed by atoms with Crippen LogP contribution >= 0.6 is 7.82 Å². The Morgan fingerprint density at radius 3 is 1.21 bits per heavy atom. The standard InChI is InChI=1S/C49H94NO10P/c1-3-5-7-9-11-13-15-17-19-20-21-22-23-24-25-27-28-30-32-34-36-38-40-47(51)57-42-45(43-58-61(55,56)59-44-46(50)49(53)54)60-48(52)41-39-37-35-33-31-29-26-18-16-14-12-10-8-6-4-2/h14,16,45-46H,3-13,15,17-44,50H2,1-2H3,(H,53,54)(H,55,56)/b16-14+/t45-,46+/m0/s1. The number of aliphatic carboxylic acids is 1. The molecule has 0 aliphatic rings. The van der Waals surface area contributed by atoms with Crippen LogP contribution in [0.4, 0.5) is 0 Å². The molecule has 0 bridgehead atoms. The lowest BCUT2D eigenvalue weighted by Crippen LogP contribution is -2.34. The maximum absolute atomic E-state index is 12.7. The quantitative estimate of drug-likeness (QED) is 0.0230. The molecule has 11 nitrogen and oxygen atoms in total. The van der Waals surface area contributed by atoms with Crippen LogP contribution in [0.15, 0.2) is 12.2 Å². The van der Waals surface area contributed by atoms with Crippen molar-refractivity contribution in [2.75, 3.05) is 19.8 Å². The number of unbranched alkanes of at least 4 members (excludes halogenated alkanes) is 32. The van der Waals surface area contributed by atoms with Crippen LogP contribution in [0.1, 0.15) is 251 Å². The number of nitrogens with two attached hydrogens (primary N) is 1. The minimum atomic E-state index is -4.72. The largest absolute Gasteiger partial charge is 0.480 e. The molecule has 0 aromatic carbocycles. The van der Waals surface area contributed by atoms with Crippen molar-refractivity contribution in [1.29, 1.82) is 0 Å². The van der Waals surface area contributed by atoms with E-state index in [-0.39, 0.29) is 19.4 Å². The molecule has 360 valence electrons. The van der Waals surface area contributed by atoms with E-state index in [0.29, 0.717) is 12.8 Å². The molecule has 0 aliphatic carbocycles. The molecule has 0 fully saturated rings. The summed E-state index contributed by atoms with van der Waals surface area (Å²) in [5.41, 5.74) is 5.35. The first-order valence-electron chi connectivity index (χ1n) is 25.2. The SMILES string of the molecule is CCCCCC/C=C/CCCCCCCCCC(=O)O[C@@H](COC(=O)CCCCCCCCCCCCCCCCCCCCCCCC)COP(=O)(O)OC[C@@H](N)C(=O)O. The Hall–Kier alpha value is -1.78. The van der Waals surface area contributed by atoms with Crippen LogP contribution in [0.2, 0.25) is 0 Å². The summed E-state index contributed by atoms with van der Waals surface area (Å²) < 4.78 is 32.8. The van der Waals surface area contributed by atoms with E-state index in [4.69, 9.17) is 24.8 Å². The summed E-state index contributed by atoms with van der Waals surface area (Å²) in [6, 6.07) is -1.52. The van der Waals surface area contributed by atoms with Crippen molar-refractivity contribution in [3.63, 3.8) is 0 Å². The van der Waals surface area contributed by atoms with Gasteiger partial charge in [0, 0.05) is 12.8 Å². The van der Waals surface area contributed by atoms with Gasteiger partial charge in [0.2, 0.25) is 0 Å². The van der Waals surface area contributed by atoms with E-state index < -0.39 is 51.1 Å². The van der Waals surface area contributed by atoms with Gasteiger partial charge in [-0.1, -0.05) is 212 Å². The first kappa shape index (κ1) is 59.2. The van der Waals surface area contributed by atoms with Gasteiger partial charge in [0.15, 0.2) is 6.10 Å². The number of carboxylic acids is 1. The summed E-state index contributed by atoms with van der Waals surface area (Å²) in [6.45, 7) is 2.83. The van der Waals surface area contributed by atoms with Crippen LogP contribution in [0, 0.1) is 0 Å². The van der Waals surface area contributed by atoms with Gasteiger partial charge in [0.05, 0.1) is 13.2 Å². The first-order valence-corrected chi connectivity index (χ1v) is 26.7. The van der Waals surface area contributed by atoms with Crippen molar-refractivity contribution >= 4 is 25.7 Å². The number of hydrogen-bond acceptors (Lipinski definition) is 9. The Morgan fingerprint density at radius 2 is 0.820 bits per heavy atom. The topological polar surface area (TPSA) is 172 Å². The van der Waals surface area contributed by atoms with Gasteiger partial charge in [0.1, 0.15) is 12.6 Å². The fraction of sp³-hybridized carbons (Fsp3) is 0.898. The van der Waals surface area contributed by atoms with Crippen LogP contribution in [-0.2, 0) is 37.5 Å². The van der Waals surface area contributed by atoms with Gasteiger partial charge in [-0.25, -0.2) is 4.57 Å². The molecule has 3 atom stereocenters. The molecule has 0 rings (SSSR count). The van der Waals surface area contributed by atoms with E-state index in [2.05, 4.69) is 30.5 Å². The smallest absolute Gasteiger partial charge is 0.472 e. The lowest BCUT2D eigenvalue weighted by molar-refractivity contribution is -0.161. The normalized spacial score (nSPS) is 13.6. The molecule has 0 radical (unpaired) electrons. The zero-order valence-electron chi connectivity index (χ0n) is 39.3. The number of phosphoric ester groups is 1. The molecule has 0 aromatic heterocycles. The second kappa shape index (κ2) is 44.8. The summed E-state index contributed by atoms with van der Waals surface area (Å²) in [5, 5.41) is 8.91. The van der Waals surface area contributed by atoms with E-state index in [9.17, 15) is 23.8 Å². The monoisotopic (exact) mass is 888 g/mol. The fourth-order valence-electron chi connectivity index (χ4n) is 7.30. The maximum Gasteiger partial charge on any atom is 0.472 e. The van der Waals surface area contributed by atoms with Gasteiger partial charge in [0.25, 0.3) is 0 Å². The fourth-order valence-corrected chi connectivity index (χ4v) is 8.08. The third-order valence-corrected chi connectivity index (χ3v) is 12.2. The first-order chi connectivity index (χ1) is 29.6. The highest BCUT2D eigenvalue weighted by atomic mass is 31.2. The van der Waals surface area contributed by atoms with Crippen molar-refractivity contribution in [2.24, 2.45) is 5.73 Å². The van der Waals surface area contributed by atoms with Crippen molar-refractivity contribution in [3.05, 3.63) is 12.2 Å². The Kier molecular flexibility index (Phi) is 43.5. The van der Waals surface area contributed by atoms with Crippen LogP contribution in [0.3, 0.4) is 0 Å². The van der Waals surface area contributed by atoms with Crippen molar-refractivity contribution in [3.8, 4) is 0 Å². The Bertz CT molecular complexity index is 1090. The molecule has 0 amide bonds. The number of rotatable bonds is 48. The number of allylic oxidation sites excluding steroid dienone is 2. The molecule has 0 aliphatic heterocycles. The molecule has 0 saturated heterocycles. The van der Waals surface area contributed by atoms with E-state index in [0.717, 1.165) is 44.9 Å². The summed E-state index contributed by atoms with van der Waals surface area (Å²) in [5.74, 6) is -2.36. The summed E-state index contributed by atoms with van der Waals surface area (Å²) >= 11 is 0. The Balaban J connectivity index is 4.18. The minimum absolute atomic E-state index is 0.160. The lowest BCUT2D eigenvalue weighted by atomic mass is 10.0. The molecule has 0 heterocycles. The zero-order valence-corrected chi connectivity index (χ0v) is 40.2.